The Bertz CT molecular complexity index is 1210. The number of hydrogen-bond acceptors (Lipinski definition) is 4. The summed E-state index contributed by atoms with van der Waals surface area (Å²) in [6, 6.07) is 13.1. The highest BCUT2D eigenvalue weighted by atomic mass is 35.5. The summed E-state index contributed by atoms with van der Waals surface area (Å²) >= 11 is 15.6. The van der Waals surface area contributed by atoms with Crippen LogP contribution in [0.1, 0.15) is 33.6 Å². The van der Waals surface area contributed by atoms with Crippen LogP contribution in [-0.4, -0.2) is 10.9 Å². The average molecular weight is 459 g/mol. The lowest BCUT2D eigenvalue weighted by Crippen LogP contribution is -2.12. The van der Waals surface area contributed by atoms with Crippen LogP contribution in [0.5, 0.6) is 0 Å². The molecule has 2 heterocycles. The molecule has 0 aliphatic heterocycles. The SMILES string of the molecule is O=C(Nc1sc2c(c1-c1nc3ccccc3s1)CCCC2)c1ccc(Cl)cc1Cl. The smallest absolute Gasteiger partial charge is 0.257 e. The zero-order chi connectivity index (χ0) is 20.0. The van der Waals surface area contributed by atoms with Crippen LogP contribution in [-0.2, 0) is 12.8 Å². The minimum atomic E-state index is -0.229. The number of carbonyl (C=O) groups excluding carboxylic acids is 1. The minimum absolute atomic E-state index is 0.229. The number of amides is 1. The van der Waals surface area contributed by atoms with Crippen molar-refractivity contribution in [3.8, 4) is 10.6 Å². The van der Waals surface area contributed by atoms with Gasteiger partial charge in [-0.15, -0.1) is 22.7 Å². The van der Waals surface area contributed by atoms with E-state index in [0.29, 0.717) is 15.6 Å². The first-order valence-corrected chi connectivity index (χ1v) is 11.8. The summed E-state index contributed by atoms with van der Waals surface area (Å²) in [5, 5.41) is 5.77. The maximum Gasteiger partial charge on any atom is 0.257 e. The molecular formula is C22H16Cl2N2OS2. The summed E-state index contributed by atoms with van der Waals surface area (Å²) in [4.78, 5) is 19.2. The molecule has 2 aromatic carbocycles. The third-order valence-electron chi connectivity index (χ3n) is 5.08. The van der Waals surface area contributed by atoms with Gasteiger partial charge in [-0.2, -0.15) is 0 Å². The number of nitrogens with one attached hydrogen (secondary N) is 1. The van der Waals surface area contributed by atoms with Crippen LogP contribution in [0.4, 0.5) is 5.00 Å². The van der Waals surface area contributed by atoms with E-state index in [1.807, 2.05) is 18.2 Å². The van der Waals surface area contributed by atoms with E-state index in [4.69, 9.17) is 28.2 Å². The molecule has 0 bridgehead atoms. The van der Waals surface area contributed by atoms with E-state index in [9.17, 15) is 4.79 Å². The predicted octanol–water partition coefficient (Wildman–Crippen LogP) is 7.46. The van der Waals surface area contributed by atoms with Crippen molar-refractivity contribution in [1.82, 2.24) is 4.98 Å². The Morgan fingerprint density at radius 1 is 1.03 bits per heavy atom. The number of para-hydroxylation sites is 1. The van der Waals surface area contributed by atoms with Gasteiger partial charge in [0.2, 0.25) is 0 Å². The van der Waals surface area contributed by atoms with E-state index in [0.717, 1.165) is 45.1 Å². The van der Waals surface area contributed by atoms with Crippen LogP contribution in [0.15, 0.2) is 42.5 Å². The monoisotopic (exact) mass is 458 g/mol. The molecule has 3 nitrogen and oxygen atoms in total. The number of anilines is 1. The van der Waals surface area contributed by atoms with E-state index in [2.05, 4.69) is 11.4 Å². The van der Waals surface area contributed by atoms with Gasteiger partial charge in [-0.3, -0.25) is 4.79 Å². The molecule has 1 aliphatic rings. The van der Waals surface area contributed by atoms with E-state index in [1.165, 1.54) is 16.9 Å². The zero-order valence-electron chi connectivity index (χ0n) is 15.3. The van der Waals surface area contributed by atoms with Crippen molar-refractivity contribution in [2.24, 2.45) is 0 Å². The summed E-state index contributed by atoms with van der Waals surface area (Å²) in [5.41, 5.74) is 3.81. The fourth-order valence-electron chi connectivity index (χ4n) is 3.70. The number of carbonyl (C=O) groups is 1. The first-order chi connectivity index (χ1) is 14.1. The molecule has 5 rings (SSSR count). The van der Waals surface area contributed by atoms with Crippen LogP contribution >= 0.6 is 45.9 Å². The number of rotatable bonds is 3. The minimum Gasteiger partial charge on any atom is -0.313 e. The molecule has 0 saturated carbocycles. The van der Waals surface area contributed by atoms with Gasteiger partial charge < -0.3 is 5.32 Å². The topological polar surface area (TPSA) is 42.0 Å². The molecule has 146 valence electrons. The van der Waals surface area contributed by atoms with Crippen molar-refractivity contribution >= 4 is 67.0 Å². The van der Waals surface area contributed by atoms with E-state index in [1.54, 1.807) is 40.9 Å². The number of thiophene rings is 1. The second-order valence-corrected chi connectivity index (χ2v) is 9.96. The Morgan fingerprint density at radius 3 is 2.69 bits per heavy atom. The molecule has 0 unspecified atom stereocenters. The normalized spacial score (nSPS) is 13.4. The van der Waals surface area contributed by atoms with Gasteiger partial charge in [0.05, 0.1) is 20.8 Å². The van der Waals surface area contributed by atoms with Gasteiger partial charge in [0, 0.05) is 15.5 Å². The largest absolute Gasteiger partial charge is 0.313 e. The third-order valence-corrected chi connectivity index (χ3v) is 7.89. The van der Waals surface area contributed by atoms with E-state index in [-0.39, 0.29) is 5.91 Å². The van der Waals surface area contributed by atoms with E-state index < -0.39 is 0 Å². The predicted molar refractivity (Wildman–Crippen MR) is 124 cm³/mol. The number of nitrogens with zero attached hydrogens (tertiary/aromatic N) is 1. The number of thiazole rings is 1. The summed E-state index contributed by atoms with van der Waals surface area (Å²) in [6.07, 6.45) is 4.42. The lowest BCUT2D eigenvalue weighted by atomic mass is 9.95. The zero-order valence-corrected chi connectivity index (χ0v) is 18.4. The van der Waals surface area contributed by atoms with E-state index >= 15 is 0 Å². The maximum atomic E-state index is 13.0. The first kappa shape index (κ1) is 19.1. The van der Waals surface area contributed by atoms with Gasteiger partial charge in [0.1, 0.15) is 10.0 Å². The lowest BCUT2D eigenvalue weighted by molar-refractivity contribution is 0.102. The Morgan fingerprint density at radius 2 is 1.86 bits per heavy atom. The van der Waals surface area contributed by atoms with Crippen LogP contribution in [0.3, 0.4) is 0 Å². The number of fused-ring (bicyclic) bond motifs is 2. The standard InChI is InChI=1S/C22H16Cl2N2OS2/c23-12-9-10-13(15(24)11-12)20(27)26-22-19(14-5-1-3-7-17(14)28-22)21-25-16-6-2-4-8-18(16)29-21/h2,4,6,8-11H,1,3,5,7H2,(H,26,27). The van der Waals surface area contributed by atoms with Crippen LogP contribution in [0.2, 0.25) is 10.0 Å². The van der Waals surface area contributed by atoms with Gasteiger partial charge in [-0.1, -0.05) is 35.3 Å². The molecule has 1 N–H and O–H groups in total. The van der Waals surface area contributed by atoms with Gasteiger partial charge in [-0.05, 0) is 61.6 Å². The number of aromatic nitrogens is 1. The second kappa shape index (κ2) is 7.73. The maximum absolute atomic E-state index is 13.0. The molecule has 1 aliphatic carbocycles. The van der Waals surface area contributed by atoms with Gasteiger partial charge in [0.15, 0.2) is 0 Å². The highest BCUT2D eigenvalue weighted by Crippen LogP contribution is 2.46. The van der Waals surface area contributed by atoms with Crippen LogP contribution in [0.25, 0.3) is 20.8 Å². The van der Waals surface area contributed by atoms with Gasteiger partial charge in [0.25, 0.3) is 5.91 Å². The lowest BCUT2D eigenvalue weighted by Gasteiger charge is -2.12. The van der Waals surface area contributed by atoms with Crippen molar-refractivity contribution in [1.29, 1.82) is 0 Å². The van der Waals surface area contributed by atoms with Gasteiger partial charge >= 0.3 is 0 Å². The molecular weight excluding hydrogens is 443 g/mol. The molecule has 0 spiro atoms. The molecule has 0 radical (unpaired) electrons. The fourth-order valence-corrected chi connectivity index (χ4v) is 6.59. The Hall–Kier alpha value is -1.92. The second-order valence-electron chi connectivity index (χ2n) is 6.98. The Balaban J connectivity index is 1.59. The van der Waals surface area contributed by atoms with Crippen molar-refractivity contribution in [2.75, 3.05) is 5.32 Å². The number of benzene rings is 2. The van der Waals surface area contributed by atoms with Crippen molar-refractivity contribution < 1.29 is 4.79 Å². The average Bonchev–Trinajstić information content (AvgIpc) is 3.28. The molecule has 4 aromatic rings. The quantitative estimate of drug-likeness (QED) is 0.345. The number of aryl methyl sites for hydroxylation is 1. The molecule has 29 heavy (non-hydrogen) atoms. The van der Waals surface area contributed by atoms with Crippen molar-refractivity contribution in [3.05, 3.63) is 68.5 Å². The summed E-state index contributed by atoms with van der Waals surface area (Å²) in [5.74, 6) is -0.229. The Labute approximate surface area is 186 Å². The van der Waals surface area contributed by atoms with Crippen LogP contribution in [0, 0.1) is 0 Å². The fraction of sp³-hybridized carbons (Fsp3) is 0.182. The molecule has 0 saturated heterocycles. The summed E-state index contributed by atoms with van der Waals surface area (Å²) in [6.45, 7) is 0. The highest BCUT2D eigenvalue weighted by molar-refractivity contribution is 7.23. The van der Waals surface area contributed by atoms with Crippen molar-refractivity contribution in [3.63, 3.8) is 0 Å². The molecule has 0 atom stereocenters. The molecule has 1 amide bonds. The number of hydrogen-bond donors (Lipinski definition) is 1. The summed E-state index contributed by atoms with van der Waals surface area (Å²) in [7, 11) is 0. The Kier molecular flexibility index (Phi) is 5.08. The molecule has 7 heteroatoms. The molecule has 2 aromatic heterocycles. The van der Waals surface area contributed by atoms with Crippen molar-refractivity contribution in [2.45, 2.75) is 25.7 Å². The molecule has 0 fully saturated rings. The highest BCUT2D eigenvalue weighted by Gasteiger charge is 2.25. The summed E-state index contributed by atoms with van der Waals surface area (Å²) < 4.78 is 1.15. The van der Waals surface area contributed by atoms with Gasteiger partial charge in [-0.25, -0.2) is 4.98 Å². The number of halogens is 2. The third kappa shape index (κ3) is 3.57. The van der Waals surface area contributed by atoms with Crippen LogP contribution < -0.4 is 5.32 Å². The first-order valence-electron chi connectivity index (χ1n) is 9.37.